The fraction of sp³-hybridized carbons (Fsp3) is 0.364. The van der Waals surface area contributed by atoms with Gasteiger partial charge in [-0.1, -0.05) is 32.0 Å². The van der Waals surface area contributed by atoms with Gasteiger partial charge in [-0.05, 0) is 42.3 Å². The number of piperazine rings is 1. The van der Waals surface area contributed by atoms with Crippen molar-refractivity contribution in [1.29, 1.82) is 0 Å². The molecule has 0 aromatic heterocycles. The fourth-order valence-electron chi connectivity index (χ4n) is 3.38. The van der Waals surface area contributed by atoms with Crippen molar-refractivity contribution in [1.82, 2.24) is 10.2 Å². The fourth-order valence-corrected chi connectivity index (χ4v) is 3.38. The Labute approximate surface area is 170 Å². The highest BCUT2D eigenvalue weighted by Crippen LogP contribution is 2.18. The number of anilines is 2. The third-order valence-electron chi connectivity index (χ3n) is 5.03. The lowest BCUT2D eigenvalue weighted by atomic mass is 10.0. The second-order valence-corrected chi connectivity index (χ2v) is 7.47. The lowest BCUT2D eigenvalue weighted by Gasteiger charge is -2.38. The predicted molar refractivity (Wildman–Crippen MR) is 112 cm³/mol. The highest BCUT2D eigenvalue weighted by atomic mass is 19.1. The van der Waals surface area contributed by atoms with E-state index in [-0.39, 0.29) is 17.6 Å². The van der Waals surface area contributed by atoms with Crippen molar-refractivity contribution < 1.29 is 14.0 Å². The quantitative estimate of drug-likeness (QED) is 0.812. The molecule has 0 bridgehead atoms. The molecule has 1 saturated heterocycles. The van der Waals surface area contributed by atoms with Crippen molar-refractivity contribution in [3.8, 4) is 0 Å². The molecule has 2 aromatic rings. The van der Waals surface area contributed by atoms with Gasteiger partial charge >= 0.3 is 6.03 Å². The molecule has 0 saturated carbocycles. The molecule has 1 unspecified atom stereocenters. The molecule has 154 valence electrons. The zero-order chi connectivity index (χ0) is 20.8. The van der Waals surface area contributed by atoms with Crippen molar-refractivity contribution in [2.24, 2.45) is 5.92 Å². The van der Waals surface area contributed by atoms with E-state index in [1.54, 1.807) is 29.2 Å². The lowest BCUT2D eigenvalue weighted by Crippen LogP contribution is -2.57. The number of nitrogens with zero attached hydrogens (tertiary/aromatic N) is 2. The molecule has 2 N–H and O–H groups in total. The number of carbonyl (C=O) groups is 2. The number of benzene rings is 2. The minimum absolute atomic E-state index is 0.0425. The third-order valence-corrected chi connectivity index (χ3v) is 5.03. The van der Waals surface area contributed by atoms with E-state index in [9.17, 15) is 14.0 Å². The van der Waals surface area contributed by atoms with Gasteiger partial charge < -0.3 is 20.4 Å². The monoisotopic (exact) mass is 398 g/mol. The van der Waals surface area contributed by atoms with Gasteiger partial charge in [0.15, 0.2) is 0 Å². The Morgan fingerprint density at radius 2 is 1.55 bits per heavy atom. The molecule has 0 radical (unpaired) electrons. The van der Waals surface area contributed by atoms with Gasteiger partial charge in [0, 0.05) is 37.6 Å². The Balaban J connectivity index is 1.56. The van der Waals surface area contributed by atoms with Gasteiger partial charge in [-0.3, -0.25) is 4.79 Å². The molecular formula is C22H27FN4O2. The summed E-state index contributed by atoms with van der Waals surface area (Å²) in [6.07, 6.45) is 0. The molecular weight excluding hydrogens is 371 g/mol. The minimum atomic E-state index is -0.601. The van der Waals surface area contributed by atoms with Gasteiger partial charge in [0.2, 0.25) is 5.91 Å². The summed E-state index contributed by atoms with van der Waals surface area (Å²) in [7, 11) is 0. The van der Waals surface area contributed by atoms with Crippen LogP contribution >= 0.6 is 0 Å². The number of hydrogen-bond donors (Lipinski definition) is 2. The first-order chi connectivity index (χ1) is 13.9. The van der Waals surface area contributed by atoms with Crippen molar-refractivity contribution >= 4 is 23.3 Å². The third kappa shape index (κ3) is 5.47. The Morgan fingerprint density at radius 1 is 0.931 bits per heavy atom. The van der Waals surface area contributed by atoms with Crippen LogP contribution in [-0.2, 0) is 4.79 Å². The standard InChI is InChI=1S/C22H27FN4O2/c1-16(2)20(25-22(29)24-18-6-4-3-5-7-18)21(28)27-14-12-26(13-15-27)19-10-8-17(23)9-11-19/h3-11,16,20H,12-15H2,1-2H3,(H2,24,25,29). The summed E-state index contributed by atoms with van der Waals surface area (Å²) in [5, 5.41) is 5.57. The maximum absolute atomic E-state index is 13.1. The predicted octanol–water partition coefficient (Wildman–Crippen LogP) is 3.32. The molecule has 1 aliphatic rings. The number of halogens is 1. The highest BCUT2D eigenvalue weighted by Gasteiger charge is 2.30. The van der Waals surface area contributed by atoms with Gasteiger partial charge in [0.1, 0.15) is 11.9 Å². The summed E-state index contributed by atoms with van der Waals surface area (Å²) in [6, 6.07) is 14.5. The molecule has 1 atom stereocenters. The summed E-state index contributed by atoms with van der Waals surface area (Å²) in [6.45, 7) is 6.28. The van der Waals surface area contributed by atoms with Crippen LogP contribution in [0.1, 0.15) is 13.8 Å². The summed E-state index contributed by atoms with van der Waals surface area (Å²) < 4.78 is 13.1. The minimum Gasteiger partial charge on any atom is -0.368 e. The molecule has 6 nitrogen and oxygen atoms in total. The van der Waals surface area contributed by atoms with E-state index < -0.39 is 12.1 Å². The summed E-state index contributed by atoms with van der Waals surface area (Å²) in [5.74, 6) is -0.386. The molecule has 29 heavy (non-hydrogen) atoms. The highest BCUT2D eigenvalue weighted by molar-refractivity contribution is 5.93. The van der Waals surface area contributed by atoms with Crippen molar-refractivity contribution in [2.45, 2.75) is 19.9 Å². The SMILES string of the molecule is CC(C)C(NC(=O)Nc1ccccc1)C(=O)N1CCN(c2ccc(F)cc2)CC1. The number of para-hydroxylation sites is 1. The van der Waals surface area contributed by atoms with E-state index in [1.165, 1.54) is 12.1 Å². The van der Waals surface area contributed by atoms with Crippen LogP contribution in [0.15, 0.2) is 54.6 Å². The van der Waals surface area contributed by atoms with Crippen LogP contribution in [0.4, 0.5) is 20.6 Å². The molecule has 0 aliphatic carbocycles. The van der Waals surface area contributed by atoms with E-state index in [0.717, 1.165) is 5.69 Å². The zero-order valence-electron chi connectivity index (χ0n) is 16.8. The van der Waals surface area contributed by atoms with Crippen LogP contribution in [0.2, 0.25) is 0 Å². The largest absolute Gasteiger partial charge is 0.368 e. The van der Waals surface area contributed by atoms with Crippen molar-refractivity contribution in [3.05, 3.63) is 60.4 Å². The van der Waals surface area contributed by atoms with Crippen molar-refractivity contribution in [3.63, 3.8) is 0 Å². The van der Waals surface area contributed by atoms with Crippen LogP contribution in [-0.4, -0.2) is 49.1 Å². The summed E-state index contributed by atoms with van der Waals surface area (Å²) in [5.41, 5.74) is 1.62. The van der Waals surface area contributed by atoms with E-state index in [1.807, 2.05) is 32.0 Å². The smallest absolute Gasteiger partial charge is 0.319 e. The van der Waals surface area contributed by atoms with E-state index in [0.29, 0.717) is 31.9 Å². The summed E-state index contributed by atoms with van der Waals surface area (Å²) >= 11 is 0. The topological polar surface area (TPSA) is 64.7 Å². The number of carbonyl (C=O) groups excluding carboxylic acids is 2. The normalized spacial score (nSPS) is 15.2. The summed E-state index contributed by atoms with van der Waals surface area (Å²) in [4.78, 5) is 29.3. The Kier molecular flexibility index (Phi) is 6.69. The number of amides is 3. The zero-order valence-corrected chi connectivity index (χ0v) is 16.8. The first-order valence-corrected chi connectivity index (χ1v) is 9.86. The molecule has 3 rings (SSSR count). The van der Waals surface area contributed by atoms with Crippen LogP contribution < -0.4 is 15.5 Å². The first-order valence-electron chi connectivity index (χ1n) is 9.86. The van der Waals surface area contributed by atoms with Gasteiger partial charge in [-0.2, -0.15) is 0 Å². The van der Waals surface area contributed by atoms with Crippen LogP contribution in [0, 0.1) is 11.7 Å². The molecule has 1 fully saturated rings. The number of hydrogen-bond acceptors (Lipinski definition) is 3. The molecule has 0 spiro atoms. The van der Waals surface area contributed by atoms with Crippen molar-refractivity contribution in [2.75, 3.05) is 36.4 Å². The second-order valence-electron chi connectivity index (χ2n) is 7.47. The average Bonchev–Trinajstić information content (AvgIpc) is 2.73. The van der Waals surface area contributed by atoms with Gasteiger partial charge in [0.05, 0.1) is 0 Å². The van der Waals surface area contributed by atoms with Gasteiger partial charge in [-0.25, -0.2) is 9.18 Å². The Morgan fingerprint density at radius 3 is 2.14 bits per heavy atom. The first kappa shape index (κ1) is 20.6. The molecule has 1 aliphatic heterocycles. The van der Waals surface area contributed by atoms with Gasteiger partial charge in [0.25, 0.3) is 0 Å². The maximum Gasteiger partial charge on any atom is 0.319 e. The average molecular weight is 398 g/mol. The number of urea groups is 1. The van der Waals surface area contributed by atoms with E-state index in [4.69, 9.17) is 0 Å². The Bertz CT molecular complexity index is 818. The molecule has 7 heteroatoms. The lowest BCUT2D eigenvalue weighted by molar-refractivity contribution is -0.134. The van der Waals surface area contributed by atoms with Crippen LogP contribution in [0.5, 0.6) is 0 Å². The molecule has 2 aromatic carbocycles. The van der Waals surface area contributed by atoms with Crippen LogP contribution in [0.3, 0.4) is 0 Å². The number of rotatable bonds is 5. The molecule has 3 amide bonds. The van der Waals surface area contributed by atoms with Gasteiger partial charge in [-0.15, -0.1) is 0 Å². The maximum atomic E-state index is 13.1. The second kappa shape index (κ2) is 9.41. The van der Waals surface area contributed by atoms with E-state index in [2.05, 4.69) is 15.5 Å². The van der Waals surface area contributed by atoms with Crippen LogP contribution in [0.25, 0.3) is 0 Å². The molecule has 1 heterocycles. The number of nitrogens with one attached hydrogen (secondary N) is 2. The van der Waals surface area contributed by atoms with E-state index >= 15 is 0 Å². The Hall–Kier alpha value is -3.09.